The average molecular weight is 370 g/mol. The van der Waals surface area contributed by atoms with Crippen LogP contribution in [0.1, 0.15) is 62.2 Å². The fourth-order valence-corrected chi connectivity index (χ4v) is 5.03. The molecule has 3 aliphatic rings. The van der Waals surface area contributed by atoms with Crippen molar-refractivity contribution in [2.45, 2.75) is 63.0 Å². The fraction of sp³-hybridized carbons (Fsp3) is 0.636. The first kappa shape index (κ1) is 18.5. The van der Waals surface area contributed by atoms with Crippen molar-refractivity contribution in [3.05, 3.63) is 35.9 Å². The normalized spacial score (nSPS) is 24.6. The molecule has 2 aliphatic carbocycles. The predicted molar refractivity (Wildman–Crippen MR) is 103 cm³/mol. The van der Waals surface area contributed by atoms with Gasteiger partial charge in [-0.05, 0) is 37.8 Å². The van der Waals surface area contributed by atoms with E-state index in [9.17, 15) is 9.59 Å². The van der Waals surface area contributed by atoms with Gasteiger partial charge in [-0.15, -0.1) is 0 Å². The lowest BCUT2D eigenvalue weighted by atomic mass is 9.72. The summed E-state index contributed by atoms with van der Waals surface area (Å²) in [5, 5.41) is 3.24. The Morgan fingerprint density at radius 3 is 2.19 bits per heavy atom. The van der Waals surface area contributed by atoms with Gasteiger partial charge in [0.05, 0.1) is 5.60 Å². The molecule has 2 saturated carbocycles. The predicted octanol–water partition coefficient (Wildman–Crippen LogP) is 3.15. The first-order valence-corrected chi connectivity index (χ1v) is 10.2. The van der Waals surface area contributed by atoms with E-state index in [1.807, 2.05) is 35.2 Å². The lowest BCUT2D eigenvalue weighted by molar-refractivity contribution is -0.159. The minimum atomic E-state index is -0.477. The molecule has 3 fully saturated rings. The molecule has 0 bridgehead atoms. The minimum Gasteiger partial charge on any atom is -0.376 e. The molecule has 1 aliphatic heterocycles. The van der Waals surface area contributed by atoms with Gasteiger partial charge in [0, 0.05) is 31.2 Å². The smallest absolute Gasteiger partial charge is 0.251 e. The molecule has 0 spiro atoms. The molecule has 0 atom stereocenters. The molecule has 0 aromatic heterocycles. The standard InChI is InChI=1S/C22H30N2O3/c1-20(11-7-4-8-12-20)19(26)24-15-21(16-24,22(27-2)13-14-22)23-18(25)17-9-5-3-6-10-17/h3,5-6,9-10H,4,7-8,11-16H2,1-2H3,(H,23,25). The first-order valence-electron chi connectivity index (χ1n) is 10.2. The van der Waals surface area contributed by atoms with E-state index in [4.69, 9.17) is 4.74 Å². The number of nitrogens with zero attached hydrogens (tertiary/aromatic N) is 1. The highest BCUT2D eigenvalue weighted by Crippen LogP contribution is 2.52. The summed E-state index contributed by atoms with van der Waals surface area (Å²) in [4.78, 5) is 27.9. The second kappa shape index (κ2) is 6.62. The Kier molecular flexibility index (Phi) is 4.53. The van der Waals surface area contributed by atoms with Gasteiger partial charge in [0.1, 0.15) is 5.54 Å². The lowest BCUT2D eigenvalue weighted by Gasteiger charge is -2.56. The monoisotopic (exact) mass is 370 g/mol. The molecule has 2 amide bonds. The first-order chi connectivity index (χ1) is 12.9. The number of likely N-dealkylation sites (tertiary alicyclic amines) is 1. The molecule has 1 aromatic carbocycles. The molecular formula is C22H30N2O3. The van der Waals surface area contributed by atoms with Crippen molar-refractivity contribution in [2.24, 2.45) is 5.41 Å². The van der Waals surface area contributed by atoms with Crippen molar-refractivity contribution in [1.82, 2.24) is 10.2 Å². The third-order valence-corrected chi connectivity index (χ3v) is 7.04. The second-order valence-electron chi connectivity index (χ2n) is 8.88. The van der Waals surface area contributed by atoms with E-state index in [-0.39, 0.29) is 22.8 Å². The van der Waals surface area contributed by atoms with E-state index in [1.165, 1.54) is 6.42 Å². The summed E-state index contributed by atoms with van der Waals surface area (Å²) >= 11 is 0. The highest BCUT2D eigenvalue weighted by molar-refractivity contribution is 5.95. The highest BCUT2D eigenvalue weighted by Gasteiger charge is 2.67. The highest BCUT2D eigenvalue weighted by atomic mass is 16.5. The number of ether oxygens (including phenoxy) is 1. The van der Waals surface area contributed by atoms with E-state index < -0.39 is 5.54 Å². The Hall–Kier alpha value is -1.88. The summed E-state index contributed by atoms with van der Waals surface area (Å²) in [5.41, 5.74) is -0.401. The number of carbonyl (C=O) groups is 2. The zero-order chi connectivity index (χ0) is 19.1. The van der Waals surface area contributed by atoms with Gasteiger partial charge in [-0.2, -0.15) is 0 Å². The van der Waals surface area contributed by atoms with Gasteiger partial charge in [-0.3, -0.25) is 9.59 Å². The zero-order valence-electron chi connectivity index (χ0n) is 16.4. The Bertz CT molecular complexity index is 714. The van der Waals surface area contributed by atoms with Gasteiger partial charge in [0.15, 0.2) is 0 Å². The van der Waals surface area contributed by atoms with Gasteiger partial charge < -0.3 is 15.0 Å². The number of benzene rings is 1. The summed E-state index contributed by atoms with van der Waals surface area (Å²) < 4.78 is 5.84. The van der Waals surface area contributed by atoms with Crippen LogP contribution in [0.3, 0.4) is 0 Å². The number of nitrogens with one attached hydrogen (secondary N) is 1. The van der Waals surface area contributed by atoms with E-state index in [0.717, 1.165) is 38.5 Å². The number of amides is 2. The number of hydrogen-bond donors (Lipinski definition) is 1. The van der Waals surface area contributed by atoms with Crippen LogP contribution in [-0.4, -0.2) is 48.1 Å². The van der Waals surface area contributed by atoms with E-state index in [2.05, 4.69) is 12.2 Å². The molecule has 1 saturated heterocycles. The second-order valence-corrected chi connectivity index (χ2v) is 8.88. The fourth-order valence-electron chi connectivity index (χ4n) is 5.03. The number of hydrogen-bond acceptors (Lipinski definition) is 3. The van der Waals surface area contributed by atoms with Crippen LogP contribution in [0.25, 0.3) is 0 Å². The van der Waals surface area contributed by atoms with Crippen molar-refractivity contribution in [2.75, 3.05) is 20.2 Å². The molecule has 4 rings (SSSR count). The Morgan fingerprint density at radius 1 is 1.00 bits per heavy atom. The lowest BCUT2D eigenvalue weighted by Crippen LogP contribution is -2.78. The van der Waals surface area contributed by atoms with Gasteiger partial charge in [0.25, 0.3) is 5.91 Å². The van der Waals surface area contributed by atoms with Gasteiger partial charge in [-0.25, -0.2) is 0 Å². The van der Waals surface area contributed by atoms with Gasteiger partial charge >= 0.3 is 0 Å². The maximum absolute atomic E-state index is 13.2. The molecule has 5 heteroatoms. The Morgan fingerprint density at radius 2 is 1.63 bits per heavy atom. The van der Waals surface area contributed by atoms with E-state index >= 15 is 0 Å². The maximum atomic E-state index is 13.2. The molecule has 1 heterocycles. The molecule has 5 nitrogen and oxygen atoms in total. The number of methoxy groups -OCH3 is 1. The summed E-state index contributed by atoms with van der Waals surface area (Å²) in [6.45, 7) is 3.21. The van der Waals surface area contributed by atoms with Crippen LogP contribution in [0.15, 0.2) is 30.3 Å². The topological polar surface area (TPSA) is 58.6 Å². The van der Waals surface area contributed by atoms with Crippen LogP contribution in [0.5, 0.6) is 0 Å². The zero-order valence-corrected chi connectivity index (χ0v) is 16.4. The molecule has 27 heavy (non-hydrogen) atoms. The molecule has 1 N–H and O–H groups in total. The van der Waals surface area contributed by atoms with Crippen molar-refractivity contribution >= 4 is 11.8 Å². The molecule has 0 radical (unpaired) electrons. The molecular weight excluding hydrogens is 340 g/mol. The summed E-state index contributed by atoms with van der Waals surface area (Å²) in [7, 11) is 1.72. The Balaban J connectivity index is 1.50. The number of carbonyl (C=O) groups excluding carboxylic acids is 2. The van der Waals surface area contributed by atoms with Crippen molar-refractivity contribution in [3.63, 3.8) is 0 Å². The van der Waals surface area contributed by atoms with Crippen LogP contribution in [-0.2, 0) is 9.53 Å². The largest absolute Gasteiger partial charge is 0.376 e. The third-order valence-electron chi connectivity index (χ3n) is 7.04. The van der Waals surface area contributed by atoms with Crippen LogP contribution in [0.4, 0.5) is 0 Å². The van der Waals surface area contributed by atoms with Crippen molar-refractivity contribution < 1.29 is 14.3 Å². The van der Waals surface area contributed by atoms with E-state index in [0.29, 0.717) is 18.7 Å². The quantitative estimate of drug-likeness (QED) is 0.866. The van der Waals surface area contributed by atoms with E-state index in [1.54, 1.807) is 7.11 Å². The van der Waals surface area contributed by atoms with Gasteiger partial charge in [0.2, 0.25) is 5.91 Å². The number of rotatable bonds is 5. The van der Waals surface area contributed by atoms with Crippen molar-refractivity contribution in [3.8, 4) is 0 Å². The SMILES string of the molecule is COC1(C2(NC(=O)c3ccccc3)CN(C(=O)C3(C)CCCCC3)C2)CC1. The molecule has 0 unspecified atom stereocenters. The van der Waals surface area contributed by atoms with Crippen LogP contribution in [0.2, 0.25) is 0 Å². The Labute approximate surface area is 161 Å². The summed E-state index contributed by atoms with van der Waals surface area (Å²) in [5.74, 6) is 0.161. The summed E-state index contributed by atoms with van der Waals surface area (Å²) in [6.07, 6.45) is 7.30. The van der Waals surface area contributed by atoms with Crippen LogP contribution < -0.4 is 5.32 Å². The van der Waals surface area contributed by atoms with Crippen LogP contribution in [0, 0.1) is 5.41 Å². The molecule has 146 valence electrons. The third kappa shape index (κ3) is 3.06. The average Bonchev–Trinajstić information content (AvgIpc) is 3.46. The van der Waals surface area contributed by atoms with Gasteiger partial charge in [-0.1, -0.05) is 44.4 Å². The minimum absolute atomic E-state index is 0.0881. The van der Waals surface area contributed by atoms with Crippen molar-refractivity contribution in [1.29, 1.82) is 0 Å². The maximum Gasteiger partial charge on any atom is 0.251 e. The summed E-state index contributed by atoms with van der Waals surface area (Å²) in [6, 6.07) is 9.27. The van der Waals surface area contributed by atoms with Crippen LogP contribution >= 0.6 is 0 Å². The molecule has 1 aromatic rings.